The minimum absolute atomic E-state index is 0.0618. The molecule has 0 aromatic heterocycles. The van der Waals surface area contributed by atoms with Gasteiger partial charge in [-0.25, -0.2) is 0 Å². The number of halogens is 3. The molecule has 4 nitrogen and oxygen atoms in total. The first kappa shape index (κ1) is 17.7. The van der Waals surface area contributed by atoms with Crippen molar-refractivity contribution in [2.24, 2.45) is 5.73 Å². The van der Waals surface area contributed by atoms with Crippen LogP contribution in [-0.4, -0.2) is 18.0 Å². The molecular formula is C17H16F3NO3. The summed E-state index contributed by atoms with van der Waals surface area (Å²) in [5.41, 5.74) is 6.77. The zero-order valence-corrected chi connectivity index (χ0v) is 12.6. The molecule has 0 aliphatic heterocycles. The van der Waals surface area contributed by atoms with Crippen LogP contribution in [-0.2, 0) is 6.61 Å². The summed E-state index contributed by atoms with van der Waals surface area (Å²) >= 11 is 0. The Bertz CT molecular complexity index is 680. The summed E-state index contributed by atoms with van der Waals surface area (Å²) in [7, 11) is 0. The zero-order chi connectivity index (χ0) is 17.6. The minimum Gasteiger partial charge on any atom is -0.511 e. The highest BCUT2D eigenvalue weighted by Gasteiger charge is 2.30. The van der Waals surface area contributed by atoms with Gasteiger partial charge in [0.15, 0.2) is 0 Å². The highest BCUT2D eigenvalue weighted by Crippen LogP contribution is 2.23. The summed E-state index contributed by atoms with van der Waals surface area (Å²) in [6, 6.07) is 12.4. The number of benzene rings is 2. The maximum atomic E-state index is 12.1. The first-order valence-corrected chi connectivity index (χ1v) is 7.03. The van der Waals surface area contributed by atoms with Gasteiger partial charge in [-0.3, -0.25) is 0 Å². The van der Waals surface area contributed by atoms with Gasteiger partial charge in [0.25, 0.3) is 0 Å². The van der Waals surface area contributed by atoms with E-state index in [1.54, 1.807) is 30.3 Å². The summed E-state index contributed by atoms with van der Waals surface area (Å²) in [4.78, 5) is 0. The second-order valence-electron chi connectivity index (χ2n) is 4.89. The van der Waals surface area contributed by atoms with Gasteiger partial charge in [0.2, 0.25) is 0 Å². The van der Waals surface area contributed by atoms with Crippen LogP contribution >= 0.6 is 0 Å². The van der Waals surface area contributed by atoms with E-state index < -0.39 is 6.36 Å². The Morgan fingerprint density at radius 2 is 1.58 bits per heavy atom. The van der Waals surface area contributed by atoms with Crippen LogP contribution in [0.1, 0.15) is 11.1 Å². The molecule has 3 N–H and O–H groups in total. The molecule has 24 heavy (non-hydrogen) atoms. The molecule has 0 saturated heterocycles. The summed E-state index contributed by atoms with van der Waals surface area (Å²) < 4.78 is 45.6. The van der Waals surface area contributed by atoms with Gasteiger partial charge < -0.3 is 20.3 Å². The number of aliphatic hydroxyl groups is 1. The number of alkyl halides is 3. The monoisotopic (exact) mass is 339 g/mol. The minimum atomic E-state index is -4.70. The predicted octanol–water partition coefficient (Wildman–Crippen LogP) is 4.02. The largest absolute Gasteiger partial charge is 0.573 e. The van der Waals surface area contributed by atoms with E-state index in [-0.39, 0.29) is 24.7 Å². The van der Waals surface area contributed by atoms with Crippen LogP contribution in [0.5, 0.6) is 11.5 Å². The van der Waals surface area contributed by atoms with Crippen LogP contribution in [0.15, 0.2) is 54.3 Å². The molecule has 7 heteroatoms. The van der Waals surface area contributed by atoms with E-state index in [1.807, 2.05) is 0 Å². The fraction of sp³-hybridized carbons (Fsp3) is 0.176. The van der Waals surface area contributed by atoms with Crippen LogP contribution in [0.25, 0.3) is 6.08 Å². The summed E-state index contributed by atoms with van der Waals surface area (Å²) in [6.45, 7) is 0.266. The van der Waals surface area contributed by atoms with Crippen molar-refractivity contribution in [3.8, 4) is 11.5 Å². The number of nitrogens with two attached hydrogens (primary N) is 1. The molecule has 0 atom stereocenters. The third-order valence-corrected chi connectivity index (χ3v) is 2.98. The van der Waals surface area contributed by atoms with Crippen molar-refractivity contribution in [3.63, 3.8) is 0 Å². The Labute approximate surface area is 136 Å². The average Bonchev–Trinajstić information content (AvgIpc) is 2.54. The SMILES string of the molecule is NCC(O)=Cc1ccc(OCc2ccc(OC(F)(F)F)cc2)cc1. The van der Waals surface area contributed by atoms with Gasteiger partial charge in [0.1, 0.15) is 23.9 Å². The molecule has 0 radical (unpaired) electrons. The van der Waals surface area contributed by atoms with Crippen LogP contribution in [0.2, 0.25) is 0 Å². The molecule has 0 aliphatic carbocycles. The maximum Gasteiger partial charge on any atom is 0.573 e. The summed E-state index contributed by atoms with van der Waals surface area (Å²) in [5, 5.41) is 9.35. The zero-order valence-electron chi connectivity index (χ0n) is 12.6. The van der Waals surface area contributed by atoms with Crippen molar-refractivity contribution in [2.45, 2.75) is 13.0 Å². The van der Waals surface area contributed by atoms with E-state index in [2.05, 4.69) is 4.74 Å². The molecule has 0 spiro atoms. The first-order chi connectivity index (χ1) is 11.4. The van der Waals surface area contributed by atoms with Crippen molar-refractivity contribution < 1.29 is 27.8 Å². The van der Waals surface area contributed by atoms with Crippen LogP contribution in [0, 0.1) is 0 Å². The normalized spacial score (nSPS) is 12.1. The molecule has 0 saturated carbocycles. The average molecular weight is 339 g/mol. The lowest BCUT2D eigenvalue weighted by Crippen LogP contribution is -2.17. The molecule has 0 unspecified atom stereocenters. The number of hydrogen-bond donors (Lipinski definition) is 2. The lowest BCUT2D eigenvalue weighted by molar-refractivity contribution is -0.274. The molecule has 0 fully saturated rings. The van der Waals surface area contributed by atoms with Gasteiger partial charge in [-0.1, -0.05) is 24.3 Å². The standard InChI is InChI=1S/C17H16F3NO3/c18-17(19,20)24-16-7-3-13(4-8-16)11-23-15-5-1-12(2-6-15)9-14(22)10-21/h1-9,22H,10-11,21H2. The van der Waals surface area contributed by atoms with Crippen LogP contribution in [0.3, 0.4) is 0 Å². The van der Waals surface area contributed by atoms with E-state index in [4.69, 9.17) is 10.5 Å². The summed E-state index contributed by atoms with van der Waals surface area (Å²) in [6.07, 6.45) is -3.16. The molecule has 2 aromatic carbocycles. The van der Waals surface area contributed by atoms with E-state index in [1.165, 1.54) is 24.3 Å². The molecule has 0 heterocycles. The van der Waals surface area contributed by atoms with Gasteiger partial charge in [-0.15, -0.1) is 13.2 Å². The smallest absolute Gasteiger partial charge is 0.511 e. The predicted molar refractivity (Wildman–Crippen MR) is 83.6 cm³/mol. The molecular weight excluding hydrogens is 323 g/mol. The fourth-order valence-electron chi connectivity index (χ4n) is 1.87. The van der Waals surface area contributed by atoms with Crippen molar-refractivity contribution in [3.05, 3.63) is 65.4 Å². The number of ether oxygens (including phenoxy) is 2. The second-order valence-corrected chi connectivity index (χ2v) is 4.89. The van der Waals surface area contributed by atoms with Gasteiger partial charge >= 0.3 is 6.36 Å². The quantitative estimate of drug-likeness (QED) is 0.780. The van der Waals surface area contributed by atoms with E-state index in [9.17, 15) is 18.3 Å². The Hall–Kier alpha value is -2.67. The van der Waals surface area contributed by atoms with Crippen molar-refractivity contribution in [1.82, 2.24) is 0 Å². The highest BCUT2D eigenvalue weighted by atomic mass is 19.4. The van der Waals surface area contributed by atoms with E-state index in [0.29, 0.717) is 11.3 Å². The Morgan fingerprint density at radius 1 is 1.00 bits per heavy atom. The van der Waals surface area contributed by atoms with Gasteiger partial charge in [0, 0.05) is 0 Å². The molecule has 0 aliphatic rings. The first-order valence-electron chi connectivity index (χ1n) is 7.03. The highest BCUT2D eigenvalue weighted by molar-refractivity contribution is 5.52. The molecule has 128 valence electrons. The Morgan fingerprint density at radius 3 is 2.12 bits per heavy atom. The van der Waals surface area contributed by atoms with E-state index >= 15 is 0 Å². The number of rotatable bonds is 6. The van der Waals surface area contributed by atoms with Gasteiger partial charge in [-0.05, 0) is 41.5 Å². The number of aliphatic hydroxyl groups excluding tert-OH is 1. The van der Waals surface area contributed by atoms with E-state index in [0.717, 1.165) is 5.56 Å². The Kier molecular flexibility index (Phi) is 5.70. The second kappa shape index (κ2) is 7.74. The number of hydrogen-bond acceptors (Lipinski definition) is 4. The lowest BCUT2D eigenvalue weighted by atomic mass is 10.2. The van der Waals surface area contributed by atoms with Crippen molar-refractivity contribution in [2.75, 3.05) is 6.54 Å². The maximum absolute atomic E-state index is 12.1. The third kappa shape index (κ3) is 5.85. The van der Waals surface area contributed by atoms with Gasteiger partial charge in [-0.2, -0.15) is 0 Å². The third-order valence-electron chi connectivity index (χ3n) is 2.98. The Balaban J connectivity index is 1.91. The molecule has 2 rings (SSSR count). The lowest BCUT2D eigenvalue weighted by Gasteiger charge is -2.10. The summed E-state index contributed by atoms with van der Waals surface area (Å²) in [5.74, 6) is 0.391. The van der Waals surface area contributed by atoms with Gasteiger partial charge in [0.05, 0.1) is 6.54 Å². The molecule has 0 amide bonds. The molecule has 0 bridgehead atoms. The van der Waals surface area contributed by atoms with Crippen LogP contribution < -0.4 is 15.2 Å². The molecule has 2 aromatic rings. The topological polar surface area (TPSA) is 64.7 Å². The van der Waals surface area contributed by atoms with Crippen molar-refractivity contribution >= 4 is 6.08 Å². The van der Waals surface area contributed by atoms with Crippen LogP contribution in [0.4, 0.5) is 13.2 Å². The van der Waals surface area contributed by atoms with Crippen molar-refractivity contribution in [1.29, 1.82) is 0 Å². The fourth-order valence-corrected chi connectivity index (χ4v) is 1.87.